The zero-order chi connectivity index (χ0) is 25.2. The van der Waals surface area contributed by atoms with Gasteiger partial charge in [0.2, 0.25) is 5.44 Å². The van der Waals surface area contributed by atoms with Crippen LogP contribution < -0.4 is 0 Å². The number of hydrogen-bond acceptors (Lipinski definition) is 10. The highest BCUT2D eigenvalue weighted by atomic mass is 32.2. The van der Waals surface area contributed by atoms with Gasteiger partial charge in [-0.25, -0.2) is 0 Å². The van der Waals surface area contributed by atoms with Crippen molar-refractivity contribution < 1.29 is 44.3 Å². The van der Waals surface area contributed by atoms with E-state index in [2.05, 4.69) is 4.18 Å². The van der Waals surface area contributed by atoms with Crippen LogP contribution in [0.5, 0.6) is 0 Å². The molecule has 3 rings (SSSR count). The highest BCUT2D eigenvalue weighted by molar-refractivity contribution is 7.87. The zero-order valence-corrected chi connectivity index (χ0v) is 21.8. The van der Waals surface area contributed by atoms with Crippen molar-refractivity contribution in [3.63, 3.8) is 0 Å². The SMILES string of the molecule is CCC(C)(C)C(=O)OC1C2CCCC2OS1(=O)=O.CCC(C)(C)C(=O)OC1COS(=O)(=O)C1. The van der Waals surface area contributed by atoms with E-state index >= 15 is 0 Å². The molecule has 3 fully saturated rings. The zero-order valence-electron chi connectivity index (χ0n) is 20.2. The summed E-state index contributed by atoms with van der Waals surface area (Å²) in [6.45, 7) is 10.7. The molecule has 0 aromatic rings. The Morgan fingerprint density at radius 3 is 1.94 bits per heavy atom. The molecule has 0 aromatic carbocycles. The van der Waals surface area contributed by atoms with Crippen LogP contribution >= 0.6 is 0 Å². The molecule has 12 heteroatoms. The first kappa shape index (κ1) is 28.0. The van der Waals surface area contributed by atoms with Crippen molar-refractivity contribution in [2.45, 2.75) is 91.3 Å². The number of hydrogen-bond donors (Lipinski definition) is 0. The molecule has 0 spiro atoms. The van der Waals surface area contributed by atoms with Gasteiger partial charge in [0.15, 0.2) is 0 Å². The molecule has 0 aromatic heterocycles. The second-order valence-electron chi connectivity index (χ2n) is 10.0. The first-order chi connectivity index (χ1) is 15.0. The van der Waals surface area contributed by atoms with Crippen LogP contribution in [-0.4, -0.2) is 58.8 Å². The Balaban J connectivity index is 0.000000238. The van der Waals surface area contributed by atoms with Crippen molar-refractivity contribution >= 4 is 32.2 Å². The minimum atomic E-state index is -3.75. The van der Waals surface area contributed by atoms with Crippen molar-refractivity contribution in [1.29, 1.82) is 0 Å². The maximum absolute atomic E-state index is 12.0. The van der Waals surface area contributed by atoms with Gasteiger partial charge in [-0.15, -0.1) is 0 Å². The Bertz CT molecular complexity index is 936. The van der Waals surface area contributed by atoms with E-state index in [9.17, 15) is 26.4 Å². The van der Waals surface area contributed by atoms with E-state index in [0.29, 0.717) is 12.8 Å². The predicted molar refractivity (Wildman–Crippen MR) is 119 cm³/mol. The summed E-state index contributed by atoms with van der Waals surface area (Å²) in [4.78, 5) is 23.6. The van der Waals surface area contributed by atoms with Crippen LogP contribution in [0.1, 0.15) is 73.6 Å². The fourth-order valence-corrected chi connectivity index (χ4v) is 6.12. The molecule has 3 aliphatic rings. The third-order valence-corrected chi connectivity index (χ3v) is 9.39. The fraction of sp³-hybridized carbons (Fsp3) is 0.905. The van der Waals surface area contributed by atoms with Crippen molar-refractivity contribution in [3.8, 4) is 0 Å². The molecule has 1 saturated carbocycles. The first-order valence-electron chi connectivity index (χ1n) is 11.3. The predicted octanol–water partition coefficient (Wildman–Crippen LogP) is 2.52. The summed E-state index contributed by atoms with van der Waals surface area (Å²) in [5.41, 5.74) is -2.35. The summed E-state index contributed by atoms with van der Waals surface area (Å²) in [5, 5.41) is 0. The van der Waals surface area contributed by atoms with Gasteiger partial charge < -0.3 is 9.47 Å². The Labute approximate surface area is 196 Å². The molecule has 0 N–H and O–H groups in total. The minimum Gasteiger partial charge on any atom is -0.458 e. The largest absolute Gasteiger partial charge is 0.458 e. The molecule has 1 aliphatic carbocycles. The van der Waals surface area contributed by atoms with E-state index in [4.69, 9.17) is 13.7 Å². The monoisotopic (exact) mass is 512 g/mol. The van der Waals surface area contributed by atoms with Crippen molar-refractivity contribution in [3.05, 3.63) is 0 Å². The Morgan fingerprint density at radius 2 is 1.45 bits per heavy atom. The van der Waals surface area contributed by atoms with E-state index in [1.54, 1.807) is 27.7 Å². The summed E-state index contributed by atoms with van der Waals surface area (Å²) in [6.07, 6.45) is 2.70. The number of fused-ring (bicyclic) bond motifs is 1. The Morgan fingerprint density at radius 1 is 0.909 bits per heavy atom. The molecular weight excluding hydrogens is 476 g/mol. The first-order valence-corrected chi connectivity index (χ1v) is 14.3. The summed E-state index contributed by atoms with van der Waals surface area (Å²) < 4.78 is 65.3. The van der Waals surface area contributed by atoms with E-state index in [0.717, 1.165) is 19.3 Å². The molecule has 10 nitrogen and oxygen atoms in total. The summed E-state index contributed by atoms with van der Waals surface area (Å²) in [5.74, 6) is -1.27. The normalized spacial score (nSPS) is 30.1. The van der Waals surface area contributed by atoms with Crippen LogP contribution in [0.2, 0.25) is 0 Å². The fourth-order valence-electron chi connectivity index (χ4n) is 3.41. The summed E-state index contributed by atoms with van der Waals surface area (Å²) in [7, 11) is -7.22. The van der Waals surface area contributed by atoms with Gasteiger partial charge in [-0.05, 0) is 53.4 Å². The molecule has 0 radical (unpaired) electrons. The molecular formula is C21H36O10S2. The third kappa shape index (κ3) is 6.89. The number of rotatable bonds is 6. The third-order valence-electron chi connectivity index (χ3n) is 6.59. The molecule has 0 amide bonds. The average molecular weight is 513 g/mol. The van der Waals surface area contributed by atoms with E-state index in [-0.39, 0.29) is 30.4 Å². The van der Waals surface area contributed by atoms with Crippen molar-refractivity contribution in [1.82, 2.24) is 0 Å². The van der Waals surface area contributed by atoms with Gasteiger partial charge in [0.25, 0.3) is 10.1 Å². The molecule has 33 heavy (non-hydrogen) atoms. The second kappa shape index (κ2) is 10.2. The average Bonchev–Trinajstić information content (AvgIpc) is 3.36. The quantitative estimate of drug-likeness (QED) is 0.385. The van der Waals surface area contributed by atoms with Gasteiger partial charge in [0, 0.05) is 5.92 Å². The lowest BCUT2D eigenvalue weighted by Crippen LogP contribution is -2.35. The van der Waals surface area contributed by atoms with Gasteiger partial charge >= 0.3 is 22.1 Å². The van der Waals surface area contributed by atoms with Gasteiger partial charge in [-0.2, -0.15) is 16.8 Å². The standard InChI is InChI=1S/C12H20O5S.C9H16O5S/c1-4-12(2,3)11(13)16-10-8-6-5-7-9(8)17-18(10,14)15;1-4-9(2,3)8(10)14-7-5-13-15(11,12)6-7/h8-10H,4-7H2,1-3H3;7H,4-6H2,1-3H3. The molecule has 4 atom stereocenters. The second-order valence-corrected chi connectivity index (χ2v) is 13.3. The Hall–Kier alpha value is -1.24. The van der Waals surface area contributed by atoms with Crippen LogP contribution in [0, 0.1) is 16.7 Å². The number of ether oxygens (including phenoxy) is 2. The van der Waals surface area contributed by atoms with Crippen LogP contribution in [0.15, 0.2) is 0 Å². The highest BCUT2D eigenvalue weighted by Crippen LogP contribution is 2.42. The van der Waals surface area contributed by atoms with E-state index in [1.165, 1.54) is 0 Å². The lowest BCUT2D eigenvalue weighted by atomic mass is 9.90. The lowest BCUT2D eigenvalue weighted by molar-refractivity contribution is -0.159. The molecule has 2 heterocycles. The maximum atomic E-state index is 12.0. The minimum absolute atomic E-state index is 0.0616. The molecule has 4 unspecified atom stereocenters. The number of carbonyl (C=O) groups excluding carboxylic acids is 2. The van der Waals surface area contributed by atoms with Crippen LogP contribution in [-0.2, 0) is 47.7 Å². The maximum Gasteiger partial charge on any atom is 0.312 e. The Kier molecular flexibility index (Phi) is 8.63. The van der Waals surface area contributed by atoms with Crippen LogP contribution in [0.3, 0.4) is 0 Å². The number of carbonyl (C=O) groups is 2. The van der Waals surface area contributed by atoms with Gasteiger partial charge in [-0.3, -0.25) is 18.0 Å². The van der Waals surface area contributed by atoms with Gasteiger partial charge in [0.05, 0.1) is 16.9 Å². The molecule has 2 saturated heterocycles. The van der Waals surface area contributed by atoms with E-state index < -0.39 is 48.6 Å². The van der Waals surface area contributed by atoms with Crippen LogP contribution in [0.25, 0.3) is 0 Å². The topological polar surface area (TPSA) is 139 Å². The lowest BCUT2D eigenvalue weighted by Gasteiger charge is -2.24. The van der Waals surface area contributed by atoms with E-state index in [1.807, 2.05) is 13.8 Å². The van der Waals surface area contributed by atoms with Gasteiger partial charge in [-0.1, -0.05) is 20.3 Å². The van der Waals surface area contributed by atoms with Gasteiger partial charge in [0.1, 0.15) is 18.5 Å². The highest BCUT2D eigenvalue weighted by Gasteiger charge is 2.53. The number of esters is 2. The summed E-state index contributed by atoms with van der Waals surface area (Å²) >= 11 is 0. The van der Waals surface area contributed by atoms with Crippen molar-refractivity contribution in [2.24, 2.45) is 16.7 Å². The molecule has 192 valence electrons. The van der Waals surface area contributed by atoms with Crippen LogP contribution in [0.4, 0.5) is 0 Å². The molecule has 2 aliphatic heterocycles. The summed E-state index contributed by atoms with van der Waals surface area (Å²) in [6, 6.07) is 0. The molecule has 0 bridgehead atoms. The van der Waals surface area contributed by atoms with Crippen molar-refractivity contribution in [2.75, 3.05) is 12.4 Å². The smallest absolute Gasteiger partial charge is 0.312 e.